The van der Waals surface area contributed by atoms with Gasteiger partial charge in [0, 0.05) is 34.7 Å². The zero-order valence-corrected chi connectivity index (χ0v) is 15.3. The molecular formula is C25H17NO2. The lowest BCUT2D eigenvalue weighted by atomic mass is 9.91. The summed E-state index contributed by atoms with van der Waals surface area (Å²) >= 11 is 0. The lowest BCUT2D eigenvalue weighted by molar-refractivity contribution is 0.0174. The van der Waals surface area contributed by atoms with Crippen LogP contribution in [-0.2, 0) is 0 Å². The Balaban J connectivity index is 1.71. The molecule has 5 rings (SSSR count). The van der Waals surface area contributed by atoms with Crippen molar-refractivity contribution in [3.8, 4) is 11.8 Å². The van der Waals surface area contributed by atoms with Gasteiger partial charge in [-0.2, -0.15) is 0 Å². The molecule has 0 saturated carbocycles. The molecule has 4 aromatic carbocycles. The van der Waals surface area contributed by atoms with E-state index in [-0.39, 0.29) is 5.91 Å². The van der Waals surface area contributed by atoms with Crippen molar-refractivity contribution in [3.05, 3.63) is 95.1 Å². The number of carbonyl (C=O) groups is 1. The molecule has 1 unspecified atom stereocenters. The van der Waals surface area contributed by atoms with E-state index in [4.69, 9.17) is 0 Å². The number of nitrogens with zero attached hydrogens (tertiary/aromatic N) is 1. The summed E-state index contributed by atoms with van der Waals surface area (Å²) in [7, 11) is 1.61. The summed E-state index contributed by atoms with van der Waals surface area (Å²) in [6, 6.07) is 23.7. The molecule has 0 aliphatic carbocycles. The predicted molar refractivity (Wildman–Crippen MR) is 111 cm³/mol. The van der Waals surface area contributed by atoms with Gasteiger partial charge in [0.15, 0.2) is 6.23 Å². The van der Waals surface area contributed by atoms with Crippen LogP contribution in [0.5, 0.6) is 0 Å². The van der Waals surface area contributed by atoms with Crippen LogP contribution in [0.3, 0.4) is 0 Å². The molecule has 0 bridgehead atoms. The Bertz CT molecular complexity index is 1320. The van der Waals surface area contributed by atoms with E-state index in [1.54, 1.807) is 13.1 Å². The van der Waals surface area contributed by atoms with Crippen molar-refractivity contribution in [2.24, 2.45) is 0 Å². The second kappa shape index (κ2) is 6.23. The third-order valence-corrected chi connectivity index (χ3v) is 5.39. The van der Waals surface area contributed by atoms with Crippen LogP contribution in [0.2, 0.25) is 0 Å². The molecule has 134 valence electrons. The van der Waals surface area contributed by atoms with Crippen LogP contribution in [0.4, 0.5) is 0 Å². The van der Waals surface area contributed by atoms with E-state index in [9.17, 15) is 9.90 Å². The van der Waals surface area contributed by atoms with Crippen LogP contribution >= 0.6 is 0 Å². The first-order valence-corrected chi connectivity index (χ1v) is 9.16. The van der Waals surface area contributed by atoms with Crippen molar-refractivity contribution in [1.82, 2.24) is 4.90 Å². The van der Waals surface area contributed by atoms with Gasteiger partial charge in [-0.1, -0.05) is 66.4 Å². The maximum absolute atomic E-state index is 12.6. The van der Waals surface area contributed by atoms with Gasteiger partial charge in [-0.05, 0) is 34.4 Å². The van der Waals surface area contributed by atoms with Crippen molar-refractivity contribution >= 4 is 27.5 Å². The number of benzene rings is 4. The van der Waals surface area contributed by atoms with Gasteiger partial charge in [0.25, 0.3) is 5.91 Å². The molecule has 28 heavy (non-hydrogen) atoms. The fourth-order valence-electron chi connectivity index (χ4n) is 3.92. The highest BCUT2D eigenvalue weighted by molar-refractivity contribution is 6.11. The minimum atomic E-state index is -0.940. The summed E-state index contributed by atoms with van der Waals surface area (Å²) in [5.74, 6) is 6.40. The van der Waals surface area contributed by atoms with Gasteiger partial charge in [-0.15, -0.1) is 0 Å². The van der Waals surface area contributed by atoms with Gasteiger partial charge >= 0.3 is 0 Å². The van der Waals surface area contributed by atoms with E-state index in [1.807, 2.05) is 48.5 Å². The largest absolute Gasteiger partial charge is 0.369 e. The average Bonchev–Trinajstić information content (AvgIpc) is 2.74. The lowest BCUT2D eigenvalue weighted by Gasteiger charge is -2.30. The monoisotopic (exact) mass is 363 g/mol. The molecule has 1 atom stereocenters. The third-order valence-electron chi connectivity index (χ3n) is 5.39. The van der Waals surface area contributed by atoms with Gasteiger partial charge in [-0.3, -0.25) is 4.79 Å². The SMILES string of the molecule is CN1C(=O)c2cccc3c(C#Cc4cccc5ccccc45)ccc(c23)C1O. The highest BCUT2D eigenvalue weighted by atomic mass is 16.3. The predicted octanol–water partition coefficient (Wildman–Crippen LogP) is 4.47. The maximum atomic E-state index is 12.6. The zero-order valence-electron chi connectivity index (χ0n) is 15.3. The summed E-state index contributed by atoms with van der Waals surface area (Å²) in [5.41, 5.74) is 3.16. The van der Waals surface area contributed by atoms with Crippen molar-refractivity contribution in [2.45, 2.75) is 6.23 Å². The van der Waals surface area contributed by atoms with E-state index >= 15 is 0 Å². The molecule has 0 radical (unpaired) electrons. The van der Waals surface area contributed by atoms with Crippen LogP contribution in [0.15, 0.2) is 72.8 Å². The van der Waals surface area contributed by atoms with E-state index in [0.29, 0.717) is 5.56 Å². The standard InChI is InChI=1S/C25H17NO2/c1-26-24(27)21-11-5-10-20-18(14-15-22(23(20)21)25(26)28)13-12-17-8-4-7-16-6-2-3-9-19(16)17/h2-11,14-15,25,28H,1H3. The first-order chi connectivity index (χ1) is 13.6. The summed E-state index contributed by atoms with van der Waals surface area (Å²) in [6.07, 6.45) is -0.940. The van der Waals surface area contributed by atoms with Gasteiger partial charge in [-0.25, -0.2) is 0 Å². The molecule has 3 heteroatoms. The Morgan fingerprint density at radius 1 is 0.821 bits per heavy atom. The molecule has 0 fully saturated rings. The fourth-order valence-corrected chi connectivity index (χ4v) is 3.92. The van der Waals surface area contributed by atoms with Gasteiger partial charge < -0.3 is 10.0 Å². The molecule has 0 saturated heterocycles. The maximum Gasteiger partial charge on any atom is 0.256 e. The number of aliphatic hydroxyl groups excluding tert-OH is 1. The van der Waals surface area contributed by atoms with Crippen molar-refractivity contribution in [1.29, 1.82) is 0 Å². The van der Waals surface area contributed by atoms with Crippen LogP contribution < -0.4 is 0 Å². The third kappa shape index (κ3) is 2.40. The van der Waals surface area contributed by atoms with Crippen LogP contribution in [0, 0.1) is 11.8 Å². The molecule has 0 aromatic heterocycles. The first-order valence-electron chi connectivity index (χ1n) is 9.16. The normalized spacial score (nSPS) is 15.6. The molecule has 1 amide bonds. The van der Waals surface area contributed by atoms with Gasteiger partial charge in [0.05, 0.1) is 0 Å². The second-order valence-electron chi connectivity index (χ2n) is 7.00. The number of fused-ring (bicyclic) bond motifs is 1. The average molecular weight is 363 g/mol. The van der Waals surface area contributed by atoms with Gasteiger partial charge in [0.1, 0.15) is 0 Å². The highest BCUT2D eigenvalue weighted by Crippen LogP contribution is 2.36. The van der Waals surface area contributed by atoms with E-state index in [1.165, 1.54) is 4.90 Å². The summed E-state index contributed by atoms with van der Waals surface area (Å²) in [5, 5.41) is 14.5. The molecule has 1 aliphatic heterocycles. The number of hydrogen-bond donors (Lipinski definition) is 1. The molecule has 1 N–H and O–H groups in total. The number of aliphatic hydroxyl groups is 1. The lowest BCUT2D eigenvalue weighted by Crippen LogP contribution is -2.34. The highest BCUT2D eigenvalue weighted by Gasteiger charge is 2.30. The van der Waals surface area contributed by atoms with E-state index in [2.05, 4.69) is 30.0 Å². The number of amides is 1. The zero-order chi connectivity index (χ0) is 19.3. The summed E-state index contributed by atoms with van der Waals surface area (Å²) in [4.78, 5) is 13.9. The van der Waals surface area contributed by atoms with E-state index < -0.39 is 6.23 Å². The summed E-state index contributed by atoms with van der Waals surface area (Å²) in [6.45, 7) is 0. The minimum Gasteiger partial charge on any atom is -0.369 e. The molecule has 4 aromatic rings. The Labute approximate surface area is 162 Å². The second-order valence-corrected chi connectivity index (χ2v) is 7.00. The van der Waals surface area contributed by atoms with Crippen molar-refractivity contribution < 1.29 is 9.90 Å². The van der Waals surface area contributed by atoms with Crippen LogP contribution in [0.25, 0.3) is 21.5 Å². The van der Waals surface area contributed by atoms with Crippen molar-refractivity contribution in [3.63, 3.8) is 0 Å². The number of rotatable bonds is 0. The molecule has 1 aliphatic rings. The van der Waals surface area contributed by atoms with Crippen LogP contribution in [0.1, 0.15) is 33.3 Å². The van der Waals surface area contributed by atoms with Gasteiger partial charge in [0.2, 0.25) is 0 Å². The Hall–Kier alpha value is -3.61. The van der Waals surface area contributed by atoms with E-state index in [0.717, 1.165) is 38.2 Å². The quantitative estimate of drug-likeness (QED) is 0.468. The van der Waals surface area contributed by atoms with Crippen LogP contribution in [-0.4, -0.2) is 23.0 Å². The Morgan fingerprint density at radius 3 is 2.36 bits per heavy atom. The summed E-state index contributed by atoms with van der Waals surface area (Å²) < 4.78 is 0. The molecule has 3 nitrogen and oxygen atoms in total. The molecule has 1 heterocycles. The first kappa shape index (κ1) is 16.6. The Kier molecular flexibility index (Phi) is 3.68. The topological polar surface area (TPSA) is 40.5 Å². The number of carbonyl (C=O) groups excluding carboxylic acids is 1. The smallest absolute Gasteiger partial charge is 0.256 e. The fraction of sp³-hybridized carbons (Fsp3) is 0.0800. The Morgan fingerprint density at radius 2 is 1.50 bits per heavy atom. The number of hydrogen-bond acceptors (Lipinski definition) is 2. The molecular weight excluding hydrogens is 346 g/mol. The van der Waals surface area contributed by atoms with Crippen molar-refractivity contribution in [2.75, 3.05) is 7.05 Å². The molecule has 0 spiro atoms. The minimum absolute atomic E-state index is 0.176.